The number of nitrogens with one attached hydrogen (secondary N) is 1. The van der Waals surface area contributed by atoms with E-state index in [4.69, 9.17) is 21.3 Å². The Balaban J connectivity index is 2.20. The van der Waals surface area contributed by atoms with Gasteiger partial charge in [-0.15, -0.1) is 0 Å². The van der Waals surface area contributed by atoms with Gasteiger partial charge in [-0.3, -0.25) is 4.79 Å². The molecule has 1 heterocycles. The van der Waals surface area contributed by atoms with Gasteiger partial charge in [0.25, 0.3) is 0 Å². The summed E-state index contributed by atoms with van der Waals surface area (Å²) in [7, 11) is 1.27. The van der Waals surface area contributed by atoms with Crippen LogP contribution in [-0.2, 0) is 14.3 Å². The molecule has 5 nitrogen and oxygen atoms in total. The number of pyridine rings is 1. The van der Waals surface area contributed by atoms with Crippen molar-refractivity contribution in [1.29, 1.82) is 0 Å². The van der Waals surface area contributed by atoms with Crippen molar-refractivity contribution >= 4 is 40.5 Å². The lowest BCUT2D eigenvalue weighted by Gasteiger charge is -2.10. The topological polar surface area (TPSA) is 68.3 Å². The Labute approximate surface area is 161 Å². The number of halogens is 1. The van der Waals surface area contributed by atoms with Gasteiger partial charge in [-0.2, -0.15) is 0 Å². The highest BCUT2D eigenvalue weighted by Gasteiger charge is 2.13. The minimum absolute atomic E-state index is 0.0587. The van der Waals surface area contributed by atoms with Gasteiger partial charge >= 0.3 is 5.97 Å². The summed E-state index contributed by atoms with van der Waals surface area (Å²) in [6.07, 6.45) is 1.59. The first-order chi connectivity index (χ1) is 13.0. The lowest BCUT2D eigenvalue weighted by molar-refractivity contribution is -0.137. The Bertz CT molecular complexity index is 1040. The minimum atomic E-state index is -0.626. The maximum atomic E-state index is 12.0. The smallest absolute Gasteiger partial charge is 0.354 e. The predicted molar refractivity (Wildman–Crippen MR) is 106 cm³/mol. The van der Waals surface area contributed by atoms with Gasteiger partial charge < -0.3 is 10.1 Å². The molecule has 0 aliphatic carbocycles. The number of fused-ring (bicyclic) bond motifs is 1. The molecule has 3 aromatic rings. The first kappa shape index (κ1) is 18.6. The highest BCUT2D eigenvalue weighted by atomic mass is 35.5. The van der Waals surface area contributed by atoms with Gasteiger partial charge in [0.15, 0.2) is 0 Å². The summed E-state index contributed by atoms with van der Waals surface area (Å²) in [6, 6.07) is 16.8. The number of carbonyl (C=O) groups is 2. The summed E-state index contributed by atoms with van der Waals surface area (Å²) >= 11 is 5.97. The molecule has 0 spiro atoms. The number of para-hydroxylation sites is 1. The highest BCUT2D eigenvalue weighted by molar-refractivity contribution is 6.30. The third-order valence-corrected chi connectivity index (χ3v) is 4.16. The second-order valence-electron chi connectivity index (χ2n) is 5.85. The highest BCUT2D eigenvalue weighted by Crippen LogP contribution is 2.27. The van der Waals surface area contributed by atoms with Crippen molar-refractivity contribution in [3.8, 4) is 11.3 Å². The van der Waals surface area contributed by atoms with Gasteiger partial charge in [-0.05, 0) is 35.9 Å². The number of amides is 1. The van der Waals surface area contributed by atoms with Crippen molar-refractivity contribution in [1.82, 2.24) is 10.3 Å². The third-order valence-electron chi connectivity index (χ3n) is 3.90. The molecule has 2 aromatic carbocycles. The van der Waals surface area contributed by atoms with Crippen LogP contribution < -0.4 is 5.32 Å². The Hall–Kier alpha value is -3.18. The number of esters is 1. The average Bonchev–Trinajstić information content (AvgIpc) is 2.67. The molecule has 1 aromatic heterocycles. The van der Waals surface area contributed by atoms with E-state index < -0.39 is 5.97 Å². The van der Waals surface area contributed by atoms with E-state index in [0.717, 1.165) is 27.7 Å². The van der Waals surface area contributed by atoms with E-state index in [-0.39, 0.29) is 11.6 Å². The Morgan fingerprint density at radius 3 is 2.48 bits per heavy atom. The molecule has 136 valence electrons. The molecule has 0 fully saturated rings. The fourth-order valence-corrected chi connectivity index (χ4v) is 2.82. The van der Waals surface area contributed by atoms with Crippen molar-refractivity contribution in [3.63, 3.8) is 0 Å². The molecular weight excluding hydrogens is 364 g/mol. The number of aromatic nitrogens is 1. The van der Waals surface area contributed by atoms with Crippen molar-refractivity contribution in [2.75, 3.05) is 7.11 Å². The number of rotatable bonds is 4. The van der Waals surface area contributed by atoms with Gasteiger partial charge in [0.2, 0.25) is 5.91 Å². The normalized spacial score (nSPS) is 11.3. The molecule has 0 aliphatic rings. The van der Waals surface area contributed by atoms with Crippen molar-refractivity contribution in [3.05, 3.63) is 70.9 Å². The molecule has 0 radical (unpaired) electrons. The second kappa shape index (κ2) is 8.01. The molecule has 0 unspecified atom stereocenters. The number of hydrogen-bond donors (Lipinski definition) is 1. The first-order valence-corrected chi connectivity index (χ1v) is 8.59. The van der Waals surface area contributed by atoms with Crippen LogP contribution in [-0.4, -0.2) is 24.0 Å². The molecule has 0 atom stereocenters. The predicted octanol–water partition coefficient (Wildman–Crippen LogP) is 4.21. The Kier molecular flexibility index (Phi) is 5.52. The fraction of sp³-hybridized carbons (Fsp3) is 0.0952. The zero-order chi connectivity index (χ0) is 19.4. The standard InChI is InChI=1S/C21H17ClN2O3/c1-13(25)23-20(21(26)27-2)12-15-11-19(14-7-9-16(22)10-8-14)24-18-6-4-3-5-17(15)18/h3-12H,1-2H3,(H,23,25)/b20-12-. The molecule has 0 aliphatic heterocycles. The lowest BCUT2D eigenvalue weighted by atomic mass is 10.0. The maximum Gasteiger partial charge on any atom is 0.354 e. The fourth-order valence-electron chi connectivity index (χ4n) is 2.69. The number of carbonyl (C=O) groups excluding carboxylic acids is 2. The number of hydrogen-bond acceptors (Lipinski definition) is 4. The zero-order valence-electron chi connectivity index (χ0n) is 14.8. The van der Waals surface area contributed by atoms with E-state index >= 15 is 0 Å². The van der Waals surface area contributed by atoms with Crippen LogP contribution in [0.4, 0.5) is 0 Å². The minimum Gasteiger partial charge on any atom is -0.464 e. The van der Waals surface area contributed by atoms with Gasteiger partial charge in [-0.1, -0.05) is 41.9 Å². The van der Waals surface area contributed by atoms with Crippen LogP contribution in [0.2, 0.25) is 5.02 Å². The molecule has 1 amide bonds. The van der Waals surface area contributed by atoms with Crippen LogP contribution in [0.15, 0.2) is 60.3 Å². The Morgan fingerprint density at radius 1 is 1.11 bits per heavy atom. The SMILES string of the molecule is COC(=O)/C(=C/c1cc(-c2ccc(Cl)cc2)nc2ccccc12)NC(C)=O. The number of methoxy groups -OCH3 is 1. The second-order valence-corrected chi connectivity index (χ2v) is 6.29. The summed E-state index contributed by atoms with van der Waals surface area (Å²) in [4.78, 5) is 28.2. The van der Waals surface area contributed by atoms with Gasteiger partial charge in [0.05, 0.1) is 18.3 Å². The number of nitrogens with zero attached hydrogens (tertiary/aromatic N) is 1. The Morgan fingerprint density at radius 2 is 1.81 bits per heavy atom. The number of ether oxygens (including phenoxy) is 1. The first-order valence-electron chi connectivity index (χ1n) is 8.21. The maximum absolute atomic E-state index is 12.0. The summed E-state index contributed by atoms with van der Waals surface area (Å²) in [5.74, 6) is -0.984. The van der Waals surface area contributed by atoms with Crippen LogP contribution in [0.25, 0.3) is 28.2 Å². The molecule has 27 heavy (non-hydrogen) atoms. The van der Waals surface area contributed by atoms with E-state index in [1.54, 1.807) is 18.2 Å². The monoisotopic (exact) mass is 380 g/mol. The van der Waals surface area contributed by atoms with Crippen molar-refractivity contribution in [2.24, 2.45) is 0 Å². The summed E-state index contributed by atoms with van der Waals surface area (Å²) in [5.41, 5.74) is 3.17. The zero-order valence-corrected chi connectivity index (χ0v) is 15.6. The largest absolute Gasteiger partial charge is 0.464 e. The lowest BCUT2D eigenvalue weighted by Crippen LogP contribution is -2.25. The van der Waals surface area contributed by atoms with E-state index in [0.29, 0.717) is 5.02 Å². The van der Waals surface area contributed by atoms with Crippen LogP contribution >= 0.6 is 11.6 Å². The van der Waals surface area contributed by atoms with Crippen LogP contribution in [0.1, 0.15) is 12.5 Å². The van der Waals surface area contributed by atoms with Crippen molar-refractivity contribution < 1.29 is 14.3 Å². The number of benzene rings is 2. The van der Waals surface area contributed by atoms with Crippen LogP contribution in [0.5, 0.6) is 0 Å². The molecule has 6 heteroatoms. The quantitative estimate of drug-likeness (QED) is 0.544. The van der Waals surface area contributed by atoms with Crippen LogP contribution in [0.3, 0.4) is 0 Å². The van der Waals surface area contributed by atoms with Gasteiger partial charge in [0.1, 0.15) is 5.70 Å². The van der Waals surface area contributed by atoms with Crippen molar-refractivity contribution in [2.45, 2.75) is 6.92 Å². The van der Waals surface area contributed by atoms with E-state index in [1.807, 2.05) is 42.5 Å². The van der Waals surface area contributed by atoms with Gasteiger partial charge in [-0.25, -0.2) is 9.78 Å². The summed E-state index contributed by atoms with van der Waals surface area (Å²) in [5, 5.41) is 4.01. The summed E-state index contributed by atoms with van der Waals surface area (Å²) in [6.45, 7) is 1.33. The molecule has 1 N–H and O–H groups in total. The molecule has 3 rings (SSSR count). The molecule has 0 bridgehead atoms. The van der Waals surface area contributed by atoms with E-state index in [1.165, 1.54) is 14.0 Å². The average molecular weight is 381 g/mol. The molecule has 0 saturated carbocycles. The van der Waals surface area contributed by atoms with Gasteiger partial charge in [0, 0.05) is 22.9 Å². The van der Waals surface area contributed by atoms with Crippen LogP contribution in [0, 0.1) is 0 Å². The van der Waals surface area contributed by atoms with E-state index in [9.17, 15) is 9.59 Å². The molecular formula is C21H17ClN2O3. The van der Waals surface area contributed by atoms with E-state index in [2.05, 4.69) is 5.32 Å². The third kappa shape index (κ3) is 4.33. The molecule has 0 saturated heterocycles. The summed E-state index contributed by atoms with van der Waals surface area (Å²) < 4.78 is 4.77.